The summed E-state index contributed by atoms with van der Waals surface area (Å²) in [6.45, 7) is 1.92. The van der Waals surface area contributed by atoms with Crippen LogP contribution in [-0.4, -0.2) is 28.9 Å². The molecule has 0 spiro atoms. The number of nitrogens with one attached hydrogen (secondary N) is 1. The van der Waals surface area contributed by atoms with Crippen molar-refractivity contribution in [1.29, 1.82) is 0 Å². The van der Waals surface area contributed by atoms with Crippen LogP contribution in [0.25, 0.3) is 0 Å². The fourth-order valence-corrected chi connectivity index (χ4v) is 3.22. The molecular formula is C15H20ClNO2S. The van der Waals surface area contributed by atoms with Crippen LogP contribution in [0.5, 0.6) is 0 Å². The zero-order chi connectivity index (χ0) is 14.6. The first-order chi connectivity index (χ1) is 9.53. The molecule has 0 aliphatic heterocycles. The Labute approximate surface area is 129 Å². The Kier molecular flexibility index (Phi) is 5.35. The summed E-state index contributed by atoms with van der Waals surface area (Å²) in [6.07, 6.45) is 2.18. The van der Waals surface area contributed by atoms with Crippen LogP contribution in [0.4, 0.5) is 0 Å². The molecule has 110 valence electrons. The third-order valence-electron chi connectivity index (χ3n) is 3.62. The molecule has 0 saturated heterocycles. The minimum atomic E-state index is -0.451. The number of hydrogen-bond acceptors (Lipinski definition) is 3. The number of rotatable bonds is 7. The van der Waals surface area contributed by atoms with Gasteiger partial charge in [0.05, 0.1) is 17.9 Å². The monoisotopic (exact) mass is 313 g/mol. The normalized spacial score (nSPS) is 17.6. The van der Waals surface area contributed by atoms with Gasteiger partial charge in [-0.05, 0) is 43.4 Å². The van der Waals surface area contributed by atoms with Gasteiger partial charge in [0.25, 0.3) is 0 Å². The van der Waals surface area contributed by atoms with E-state index in [1.165, 1.54) is 0 Å². The average Bonchev–Trinajstić information content (AvgIpc) is 3.23. The quantitative estimate of drug-likeness (QED) is 0.814. The minimum Gasteiger partial charge on any atom is -0.394 e. The van der Waals surface area contributed by atoms with Crippen LogP contribution in [0.2, 0.25) is 5.02 Å². The maximum absolute atomic E-state index is 11.9. The highest BCUT2D eigenvalue weighted by Crippen LogP contribution is 2.39. The molecule has 1 fully saturated rings. The van der Waals surface area contributed by atoms with Crippen LogP contribution in [0.3, 0.4) is 0 Å². The van der Waals surface area contributed by atoms with Gasteiger partial charge < -0.3 is 10.4 Å². The third kappa shape index (κ3) is 4.40. The highest BCUT2D eigenvalue weighted by molar-refractivity contribution is 7.99. The first-order valence-electron chi connectivity index (χ1n) is 6.77. The average molecular weight is 314 g/mol. The standard InChI is InChI=1S/C15H20ClNO2S/c1-15(10-18,12-5-6-12)17-14(19)9-20-8-11-3-2-4-13(16)7-11/h2-4,7,12,18H,5-6,8-10H2,1H3,(H,17,19). The van der Waals surface area contributed by atoms with Gasteiger partial charge in [-0.3, -0.25) is 4.79 Å². The maximum Gasteiger partial charge on any atom is 0.230 e. The van der Waals surface area contributed by atoms with Gasteiger partial charge in [0.1, 0.15) is 0 Å². The van der Waals surface area contributed by atoms with Crippen molar-refractivity contribution in [2.45, 2.75) is 31.1 Å². The van der Waals surface area contributed by atoms with E-state index >= 15 is 0 Å². The maximum atomic E-state index is 11.9. The highest BCUT2D eigenvalue weighted by atomic mass is 35.5. The molecule has 3 nitrogen and oxygen atoms in total. The van der Waals surface area contributed by atoms with E-state index in [0.29, 0.717) is 16.7 Å². The summed E-state index contributed by atoms with van der Waals surface area (Å²) in [6, 6.07) is 7.66. The Hall–Kier alpha value is -0.710. The molecule has 0 heterocycles. The lowest BCUT2D eigenvalue weighted by Crippen LogP contribution is -2.51. The van der Waals surface area contributed by atoms with E-state index in [9.17, 15) is 9.90 Å². The Bertz CT molecular complexity index is 479. The van der Waals surface area contributed by atoms with E-state index in [0.717, 1.165) is 24.2 Å². The SMILES string of the molecule is CC(CO)(NC(=O)CSCc1cccc(Cl)c1)C1CC1. The van der Waals surface area contributed by atoms with Gasteiger partial charge in [-0.2, -0.15) is 0 Å². The van der Waals surface area contributed by atoms with Crippen LogP contribution in [0, 0.1) is 5.92 Å². The molecule has 1 aromatic carbocycles. The van der Waals surface area contributed by atoms with Gasteiger partial charge in [0, 0.05) is 10.8 Å². The van der Waals surface area contributed by atoms with Crippen LogP contribution in [0.15, 0.2) is 24.3 Å². The Morgan fingerprint density at radius 2 is 2.30 bits per heavy atom. The van der Waals surface area contributed by atoms with Crippen molar-refractivity contribution >= 4 is 29.3 Å². The lowest BCUT2D eigenvalue weighted by Gasteiger charge is -2.28. The Morgan fingerprint density at radius 1 is 1.55 bits per heavy atom. The molecule has 0 bridgehead atoms. The summed E-state index contributed by atoms with van der Waals surface area (Å²) >= 11 is 7.47. The summed E-state index contributed by atoms with van der Waals surface area (Å²) in [4.78, 5) is 11.9. The van der Waals surface area contributed by atoms with Gasteiger partial charge in [-0.15, -0.1) is 11.8 Å². The van der Waals surface area contributed by atoms with E-state index < -0.39 is 5.54 Å². The van der Waals surface area contributed by atoms with Crippen molar-refractivity contribution in [2.75, 3.05) is 12.4 Å². The summed E-state index contributed by atoms with van der Waals surface area (Å²) < 4.78 is 0. The van der Waals surface area contributed by atoms with E-state index in [-0.39, 0.29) is 12.5 Å². The summed E-state index contributed by atoms with van der Waals surface area (Å²) in [5, 5.41) is 13.1. The fourth-order valence-electron chi connectivity index (χ4n) is 2.23. The molecule has 1 aliphatic carbocycles. The molecule has 20 heavy (non-hydrogen) atoms. The van der Waals surface area contributed by atoms with Gasteiger partial charge in [-0.25, -0.2) is 0 Å². The zero-order valence-corrected chi connectivity index (χ0v) is 13.1. The number of amides is 1. The number of carbonyl (C=O) groups excluding carboxylic acids is 1. The lowest BCUT2D eigenvalue weighted by molar-refractivity contribution is -0.121. The first-order valence-corrected chi connectivity index (χ1v) is 8.31. The van der Waals surface area contributed by atoms with Gasteiger partial charge in [0.15, 0.2) is 0 Å². The fraction of sp³-hybridized carbons (Fsp3) is 0.533. The summed E-state index contributed by atoms with van der Waals surface area (Å²) in [5.74, 6) is 1.57. The number of aliphatic hydroxyl groups excluding tert-OH is 1. The number of benzene rings is 1. The molecule has 5 heteroatoms. The van der Waals surface area contributed by atoms with E-state index in [1.807, 2.05) is 31.2 Å². The number of halogens is 1. The zero-order valence-electron chi connectivity index (χ0n) is 11.6. The molecular weight excluding hydrogens is 294 g/mol. The first kappa shape index (κ1) is 15.7. The summed E-state index contributed by atoms with van der Waals surface area (Å²) in [5.41, 5.74) is 0.663. The van der Waals surface area contributed by atoms with E-state index in [4.69, 9.17) is 11.6 Å². The number of thioether (sulfide) groups is 1. The number of carbonyl (C=O) groups is 1. The van der Waals surface area contributed by atoms with Crippen molar-refractivity contribution in [3.05, 3.63) is 34.9 Å². The topological polar surface area (TPSA) is 49.3 Å². The summed E-state index contributed by atoms with van der Waals surface area (Å²) in [7, 11) is 0. The van der Waals surface area contributed by atoms with Crippen molar-refractivity contribution < 1.29 is 9.90 Å². The van der Waals surface area contributed by atoms with Gasteiger partial charge in [0.2, 0.25) is 5.91 Å². The van der Waals surface area contributed by atoms with Crippen molar-refractivity contribution in [2.24, 2.45) is 5.92 Å². The Morgan fingerprint density at radius 3 is 2.90 bits per heavy atom. The lowest BCUT2D eigenvalue weighted by atomic mass is 9.97. The molecule has 1 unspecified atom stereocenters. The second-order valence-corrected chi connectivity index (χ2v) is 6.94. The van der Waals surface area contributed by atoms with Crippen LogP contribution < -0.4 is 5.32 Å². The van der Waals surface area contributed by atoms with Crippen LogP contribution >= 0.6 is 23.4 Å². The number of hydrogen-bond donors (Lipinski definition) is 2. The smallest absolute Gasteiger partial charge is 0.230 e. The number of aliphatic hydroxyl groups is 1. The Balaban J connectivity index is 1.75. The molecule has 0 aromatic heterocycles. The molecule has 1 aliphatic rings. The second kappa shape index (κ2) is 6.83. The molecule has 0 radical (unpaired) electrons. The van der Waals surface area contributed by atoms with Crippen LogP contribution in [-0.2, 0) is 10.5 Å². The molecule has 1 atom stereocenters. The highest BCUT2D eigenvalue weighted by Gasteiger charge is 2.41. The minimum absolute atomic E-state index is 0.00235. The largest absolute Gasteiger partial charge is 0.394 e. The van der Waals surface area contributed by atoms with Gasteiger partial charge in [-0.1, -0.05) is 23.7 Å². The van der Waals surface area contributed by atoms with Crippen molar-refractivity contribution in [1.82, 2.24) is 5.32 Å². The van der Waals surface area contributed by atoms with Crippen LogP contribution in [0.1, 0.15) is 25.3 Å². The van der Waals surface area contributed by atoms with Crippen molar-refractivity contribution in [3.8, 4) is 0 Å². The molecule has 1 saturated carbocycles. The molecule has 2 N–H and O–H groups in total. The second-order valence-electron chi connectivity index (χ2n) is 5.52. The molecule has 2 rings (SSSR count). The predicted molar refractivity (Wildman–Crippen MR) is 84.0 cm³/mol. The molecule has 1 amide bonds. The van der Waals surface area contributed by atoms with Crippen molar-refractivity contribution in [3.63, 3.8) is 0 Å². The van der Waals surface area contributed by atoms with E-state index in [1.54, 1.807) is 11.8 Å². The predicted octanol–water partition coefficient (Wildman–Crippen LogP) is 2.85. The van der Waals surface area contributed by atoms with E-state index in [2.05, 4.69) is 5.32 Å². The van der Waals surface area contributed by atoms with Gasteiger partial charge >= 0.3 is 0 Å². The molecule has 1 aromatic rings. The third-order valence-corrected chi connectivity index (χ3v) is 4.86.